The van der Waals surface area contributed by atoms with Crippen molar-refractivity contribution in [3.8, 4) is 0 Å². The van der Waals surface area contributed by atoms with E-state index < -0.39 is 0 Å². The second-order valence-electron chi connectivity index (χ2n) is 6.70. The molecule has 4 nitrogen and oxygen atoms in total. The number of hydrogen-bond acceptors (Lipinski definition) is 2. The molecule has 2 aromatic carbocycles. The summed E-state index contributed by atoms with van der Waals surface area (Å²) in [5.74, 6) is 0.122. The molecular formula is C21H26N2O2. The molecule has 0 aromatic heterocycles. The van der Waals surface area contributed by atoms with Crippen molar-refractivity contribution in [2.45, 2.75) is 46.1 Å². The summed E-state index contributed by atoms with van der Waals surface area (Å²) < 4.78 is 0. The summed E-state index contributed by atoms with van der Waals surface area (Å²) in [5.41, 5.74) is 4.02. The number of carbonyl (C=O) groups is 2. The Morgan fingerprint density at radius 3 is 2.28 bits per heavy atom. The van der Waals surface area contributed by atoms with Gasteiger partial charge in [-0.05, 0) is 36.1 Å². The first kappa shape index (κ1) is 18.7. The van der Waals surface area contributed by atoms with Crippen LogP contribution in [0, 0.1) is 6.92 Å². The molecule has 0 spiro atoms. The van der Waals surface area contributed by atoms with Gasteiger partial charge >= 0.3 is 0 Å². The van der Waals surface area contributed by atoms with Crippen molar-refractivity contribution in [2.24, 2.45) is 0 Å². The number of amides is 2. The van der Waals surface area contributed by atoms with Crippen LogP contribution in [0.25, 0.3) is 0 Å². The molecule has 2 N–H and O–H groups in total. The molecular weight excluding hydrogens is 312 g/mol. The van der Waals surface area contributed by atoms with E-state index in [1.807, 2.05) is 55.5 Å². The zero-order valence-electron chi connectivity index (χ0n) is 15.3. The lowest BCUT2D eigenvalue weighted by molar-refractivity contribution is -0.120. The Balaban J connectivity index is 2.10. The highest BCUT2D eigenvalue weighted by Crippen LogP contribution is 2.21. The first-order valence-electron chi connectivity index (χ1n) is 8.58. The van der Waals surface area contributed by atoms with E-state index in [4.69, 9.17) is 0 Å². The standard InChI is InChI=1S/C21H26N2O2/c1-14(2)18-6-5-7-19(12-18)23-21(25)13-20(22-16(4)24)17-10-8-15(3)9-11-17/h5-12,14,20H,13H2,1-4H3,(H,22,24)(H,23,25). The SMILES string of the molecule is CC(=O)NC(CC(=O)Nc1cccc(C(C)C)c1)c1ccc(C)cc1. The zero-order chi connectivity index (χ0) is 18.4. The first-order valence-corrected chi connectivity index (χ1v) is 8.58. The van der Waals surface area contributed by atoms with Crippen molar-refractivity contribution in [3.63, 3.8) is 0 Å². The molecule has 132 valence electrons. The fourth-order valence-corrected chi connectivity index (χ4v) is 2.67. The molecule has 1 unspecified atom stereocenters. The Morgan fingerprint density at radius 1 is 1.00 bits per heavy atom. The summed E-state index contributed by atoms with van der Waals surface area (Å²) in [4.78, 5) is 24.0. The molecule has 0 radical (unpaired) electrons. The number of carbonyl (C=O) groups excluding carboxylic acids is 2. The smallest absolute Gasteiger partial charge is 0.226 e. The van der Waals surface area contributed by atoms with Gasteiger partial charge in [-0.15, -0.1) is 0 Å². The molecule has 1 atom stereocenters. The second-order valence-corrected chi connectivity index (χ2v) is 6.70. The average Bonchev–Trinajstić information content (AvgIpc) is 2.54. The summed E-state index contributed by atoms with van der Waals surface area (Å²) in [6, 6.07) is 15.4. The predicted molar refractivity (Wildman–Crippen MR) is 102 cm³/mol. The van der Waals surface area contributed by atoms with Gasteiger partial charge in [0.15, 0.2) is 0 Å². The zero-order valence-corrected chi connectivity index (χ0v) is 15.3. The Morgan fingerprint density at radius 2 is 1.68 bits per heavy atom. The van der Waals surface area contributed by atoms with Gasteiger partial charge in [-0.25, -0.2) is 0 Å². The third kappa shape index (κ3) is 5.75. The minimum atomic E-state index is -0.341. The van der Waals surface area contributed by atoms with Crippen molar-refractivity contribution < 1.29 is 9.59 Å². The number of nitrogens with one attached hydrogen (secondary N) is 2. The van der Waals surface area contributed by atoms with E-state index >= 15 is 0 Å². The summed E-state index contributed by atoms with van der Waals surface area (Å²) >= 11 is 0. The van der Waals surface area contributed by atoms with Gasteiger partial charge in [0.2, 0.25) is 11.8 Å². The Hall–Kier alpha value is -2.62. The van der Waals surface area contributed by atoms with E-state index in [1.54, 1.807) is 0 Å². The van der Waals surface area contributed by atoms with Gasteiger partial charge in [0.25, 0.3) is 0 Å². The van der Waals surface area contributed by atoms with Crippen LogP contribution in [0.3, 0.4) is 0 Å². The predicted octanol–water partition coefficient (Wildman–Crippen LogP) is 4.32. The third-order valence-corrected chi connectivity index (χ3v) is 4.08. The van der Waals surface area contributed by atoms with Gasteiger partial charge in [-0.2, -0.15) is 0 Å². The highest BCUT2D eigenvalue weighted by atomic mass is 16.2. The Bertz CT molecular complexity index is 736. The fraction of sp³-hybridized carbons (Fsp3) is 0.333. The molecule has 25 heavy (non-hydrogen) atoms. The molecule has 2 amide bonds. The molecule has 4 heteroatoms. The summed E-state index contributed by atoms with van der Waals surface area (Å²) in [6.45, 7) is 7.70. The number of rotatable bonds is 6. The largest absolute Gasteiger partial charge is 0.349 e. The van der Waals surface area contributed by atoms with E-state index in [0.717, 1.165) is 16.8 Å². The summed E-state index contributed by atoms with van der Waals surface area (Å²) in [6.07, 6.45) is 0.189. The molecule has 0 fully saturated rings. The molecule has 0 aliphatic heterocycles. The molecule has 0 saturated heterocycles. The topological polar surface area (TPSA) is 58.2 Å². The maximum Gasteiger partial charge on any atom is 0.226 e. The number of anilines is 1. The monoisotopic (exact) mass is 338 g/mol. The van der Waals surface area contributed by atoms with Gasteiger partial charge in [-0.3, -0.25) is 9.59 Å². The number of aryl methyl sites for hydroxylation is 1. The summed E-state index contributed by atoms with van der Waals surface area (Å²) in [7, 11) is 0. The average molecular weight is 338 g/mol. The lowest BCUT2D eigenvalue weighted by Gasteiger charge is -2.18. The molecule has 0 aliphatic rings. The maximum atomic E-state index is 12.5. The van der Waals surface area contributed by atoms with Gasteiger partial charge in [-0.1, -0.05) is 55.8 Å². The van der Waals surface area contributed by atoms with E-state index in [-0.39, 0.29) is 24.3 Å². The quantitative estimate of drug-likeness (QED) is 0.824. The number of hydrogen-bond donors (Lipinski definition) is 2. The van der Waals surface area contributed by atoms with Gasteiger partial charge < -0.3 is 10.6 Å². The molecule has 2 rings (SSSR count). The van der Waals surface area contributed by atoms with Crippen molar-refractivity contribution in [1.29, 1.82) is 0 Å². The lowest BCUT2D eigenvalue weighted by Crippen LogP contribution is -2.29. The van der Waals surface area contributed by atoms with E-state index in [2.05, 4.69) is 24.5 Å². The maximum absolute atomic E-state index is 12.5. The number of benzene rings is 2. The first-order chi connectivity index (χ1) is 11.8. The molecule has 0 bridgehead atoms. The van der Waals surface area contributed by atoms with Crippen molar-refractivity contribution in [1.82, 2.24) is 5.32 Å². The van der Waals surface area contributed by atoms with Crippen LogP contribution in [0.4, 0.5) is 5.69 Å². The van der Waals surface area contributed by atoms with Crippen molar-refractivity contribution in [2.75, 3.05) is 5.32 Å². The van der Waals surface area contributed by atoms with Crippen LogP contribution in [-0.4, -0.2) is 11.8 Å². The van der Waals surface area contributed by atoms with E-state index in [9.17, 15) is 9.59 Å². The molecule has 0 heterocycles. The lowest BCUT2D eigenvalue weighted by atomic mass is 10.0. The van der Waals surface area contributed by atoms with Crippen LogP contribution >= 0.6 is 0 Å². The van der Waals surface area contributed by atoms with Crippen molar-refractivity contribution >= 4 is 17.5 Å². The fourth-order valence-electron chi connectivity index (χ4n) is 2.67. The second kappa shape index (κ2) is 8.47. The minimum absolute atomic E-state index is 0.125. The third-order valence-electron chi connectivity index (χ3n) is 4.08. The summed E-state index contributed by atoms with van der Waals surface area (Å²) in [5, 5.41) is 5.79. The van der Waals surface area contributed by atoms with Gasteiger partial charge in [0.1, 0.15) is 0 Å². The van der Waals surface area contributed by atoms with Crippen LogP contribution in [0.15, 0.2) is 48.5 Å². The van der Waals surface area contributed by atoms with Crippen LogP contribution in [0.2, 0.25) is 0 Å². The van der Waals surface area contributed by atoms with Crippen LogP contribution in [0.1, 0.15) is 55.8 Å². The minimum Gasteiger partial charge on any atom is -0.349 e. The highest BCUT2D eigenvalue weighted by Gasteiger charge is 2.17. The molecule has 0 saturated carbocycles. The Kier molecular flexibility index (Phi) is 6.34. The van der Waals surface area contributed by atoms with Crippen LogP contribution in [0.5, 0.6) is 0 Å². The van der Waals surface area contributed by atoms with Crippen LogP contribution in [-0.2, 0) is 9.59 Å². The van der Waals surface area contributed by atoms with Crippen LogP contribution < -0.4 is 10.6 Å². The van der Waals surface area contributed by atoms with Gasteiger partial charge in [0, 0.05) is 12.6 Å². The van der Waals surface area contributed by atoms with Gasteiger partial charge in [0.05, 0.1) is 12.5 Å². The molecule has 2 aromatic rings. The molecule has 0 aliphatic carbocycles. The normalized spacial score (nSPS) is 11.9. The Labute approximate surface area is 149 Å². The van der Waals surface area contributed by atoms with E-state index in [1.165, 1.54) is 12.5 Å². The van der Waals surface area contributed by atoms with E-state index in [0.29, 0.717) is 5.92 Å². The van der Waals surface area contributed by atoms with Crippen molar-refractivity contribution in [3.05, 3.63) is 65.2 Å². The highest BCUT2D eigenvalue weighted by molar-refractivity contribution is 5.91.